The molecular weight excluding hydrogens is 455 g/mol. The summed E-state index contributed by atoms with van der Waals surface area (Å²) < 4.78 is 16.1. The van der Waals surface area contributed by atoms with E-state index in [1.165, 1.54) is 6.07 Å². The highest BCUT2D eigenvalue weighted by molar-refractivity contribution is 7.80. The van der Waals surface area contributed by atoms with Crippen LogP contribution in [-0.2, 0) is 0 Å². The van der Waals surface area contributed by atoms with Gasteiger partial charge in [-0.2, -0.15) is 0 Å². The fourth-order valence-corrected chi connectivity index (χ4v) is 5.12. The molecule has 4 nitrogen and oxygen atoms in total. The summed E-state index contributed by atoms with van der Waals surface area (Å²) in [4.78, 5) is 6.73. The molecule has 3 heterocycles. The number of aromatic nitrogens is 2. The maximum Gasteiger partial charge on any atom is 0.174 e. The summed E-state index contributed by atoms with van der Waals surface area (Å²) in [7, 11) is 0. The Morgan fingerprint density at radius 2 is 1.76 bits per heavy atom. The molecular formula is C26H22ClFN4S. The standard InChI is InChI=1S/C26H22ClFN4S/c1-16-14-22(17(2)31(16)21-7-5-6-19(28)15-21)25-24(23-8-3-4-13-29-23)30-26(33)32(25)20-11-9-18(27)10-12-20/h3-15,24-25H,1-2H3,(H,30,33)/t24-,25-/m1/s1. The molecule has 1 N–H and O–H groups in total. The van der Waals surface area contributed by atoms with E-state index < -0.39 is 0 Å². The van der Waals surface area contributed by atoms with Crippen LogP contribution in [0.2, 0.25) is 5.02 Å². The van der Waals surface area contributed by atoms with E-state index in [9.17, 15) is 4.39 Å². The fraction of sp³-hybridized carbons (Fsp3) is 0.154. The van der Waals surface area contributed by atoms with Crippen LogP contribution in [-0.4, -0.2) is 14.7 Å². The number of nitrogens with one attached hydrogen (secondary N) is 1. The minimum atomic E-state index is -0.264. The average molecular weight is 477 g/mol. The highest BCUT2D eigenvalue weighted by Crippen LogP contribution is 2.43. The molecule has 0 spiro atoms. The zero-order valence-electron chi connectivity index (χ0n) is 18.2. The zero-order chi connectivity index (χ0) is 23.1. The third-order valence-electron chi connectivity index (χ3n) is 6.06. The molecule has 2 atom stereocenters. The van der Waals surface area contributed by atoms with Gasteiger partial charge in [0.15, 0.2) is 5.11 Å². The van der Waals surface area contributed by atoms with Crippen LogP contribution < -0.4 is 10.2 Å². The van der Waals surface area contributed by atoms with Gasteiger partial charge in [0.05, 0.1) is 17.8 Å². The van der Waals surface area contributed by atoms with Crippen molar-refractivity contribution in [2.45, 2.75) is 25.9 Å². The minimum Gasteiger partial charge on any atom is -0.351 e. The molecule has 1 aliphatic rings. The van der Waals surface area contributed by atoms with E-state index in [1.807, 2.05) is 55.5 Å². The number of hydrogen-bond donors (Lipinski definition) is 1. The summed E-state index contributed by atoms with van der Waals surface area (Å²) in [5.41, 5.74) is 5.76. The number of rotatable bonds is 4. The highest BCUT2D eigenvalue weighted by Gasteiger charge is 2.42. The molecule has 0 aliphatic carbocycles. The Bertz CT molecular complexity index is 1320. The van der Waals surface area contributed by atoms with Crippen LogP contribution in [0.25, 0.3) is 5.69 Å². The monoisotopic (exact) mass is 476 g/mol. The van der Waals surface area contributed by atoms with Gasteiger partial charge in [0.2, 0.25) is 0 Å². The molecule has 0 amide bonds. The van der Waals surface area contributed by atoms with Crippen molar-refractivity contribution in [1.82, 2.24) is 14.9 Å². The first-order valence-electron chi connectivity index (χ1n) is 10.6. The second-order valence-corrected chi connectivity index (χ2v) is 8.94. The van der Waals surface area contributed by atoms with Crippen molar-refractivity contribution in [3.63, 3.8) is 0 Å². The molecule has 2 aromatic carbocycles. The van der Waals surface area contributed by atoms with E-state index in [1.54, 1.807) is 18.3 Å². The number of anilines is 1. The lowest BCUT2D eigenvalue weighted by Gasteiger charge is -2.28. The quantitative estimate of drug-likeness (QED) is 0.343. The summed E-state index contributed by atoms with van der Waals surface area (Å²) >= 11 is 12.0. The molecule has 1 fully saturated rings. The van der Waals surface area contributed by atoms with Crippen molar-refractivity contribution in [3.05, 3.63) is 112 Å². The van der Waals surface area contributed by atoms with E-state index in [0.717, 1.165) is 34.0 Å². The molecule has 0 unspecified atom stereocenters. The number of pyridine rings is 1. The van der Waals surface area contributed by atoms with Crippen molar-refractivity contribution in [3.8, 4) is 5.69 Å². The highest BCUT2D eigenvalue weighted by atomic mass is 35.5. The normalized spacial score (nSPS) is 17.9. The summed E-state index contributed by atoms with van der Waals surface area (Å²) in [5, 5.41) is 4.76. The first-order valence-corrected chi connectivity index (χ1v) is 11.4. The second kappa shape index (κ2) is 8.61. The predicted octanol–water partition coefficient (Wildman–Crippen LogP) is 6.46. The van der Waals surface area contributed by atoms with E-state index in [-0.39, 0.29) is 17.9 Å². The molecule has 0 radical (unpaired) electrons. The second-order valence-electron chi connectivity index (χ2n) is 8.11. The Kier molecular flexibility index (Phi) is 5.64. The van der Waals surface area contributed by atoms with Crippen molar-refractivity contribution >= 4 is 34.6 Å². The van der Waals surface area contributed by atoms with E-state index >= 15 is 0 Å². The molecule has 5 rings (SSSR count). The molecule has 33 heavy (non-hydrogen) atoms. The predicted molar refractivity (Wildman–Crippen MR) is 135 cm³/mol. The first-order chi connectivity index (χ1) is 15.9. The van der Waals surface area contributed by atoms with Gasteiger partial charge < -0.3 is 14.8 Å². The third kappa shape index (κ3) is 3.90. The van der Waals surface area contributed by atoms with Crippen molar-refractivity contribution in [1.29, 1.82) is 0 Å². The maximum absolute atomic E-state index is 14.0. The SMILES string of the molecule is Cc1cc([C@@H]2[C@@H](c3ccccn3)NC(=S)N2c2ccc(Cl)cc2)c(C)n1-c1cccc(F)c1. The van der Waals surface area contributed by atoms with Gasteiger partial charge >= 0.3 is 0 Å². The van der Waals surface area contributed by atoms with Crippen molar-refractivity contribution in [2.75, 3.05) is 4.90 Å². The lowest BCUT2D eigenvalue weighted by atomic mass is 9.96. The molecule has 166 valence electrons. The lowest BCUT2D eigenvalue weighted by molar-refractivity contribution is 0.565. The number of aryl methyl sites for hydroxylation is 1. The summed E-state index contributed by atoms with van der Waals surface area (Å²) in [6, 6.07) is 22.0. The fourth-order valence-electron chi connectivity index (χ4n) is 4.65. The van der Waals surface area contributed by atoms with Gasteiger partial charge in [-0.15, -0.1) is 0 Å². The average Bonchev–Trinajstić information content (AvgIpc) is 3.30. The van der Waals surface area contributed by atoms with Gasteiger partial charge in [-0.25, -0.2) is 4.39 Å². The van der Waals surface area contributed by atoms with Crippen LogP contribution in [0.5, 0.6) is 0 Å². The Labute approximate surface area is 202 Å². The summed E-state index contributed by atoms with van der Waals surface area (Å²) in [6.07, 6.45) is 1.79. The van der Waals surface area contributed by atoms with Gasteiger partial charge in [0, 0.05) is 34.0 Å². The number of hydrogen-bond acceptors (Lipinski definition) is 2. The molecule has 0 saturated carbocycles. The maximum atomic E-state index is 14.0. The van der Waals surface area contributed by atoms with Crippen molar-refractivity contribution in [2.24, 2.45) is 0 Å². The Morgan fingerprint density at radius 1 is 0.970 bits per heavy atom. The number of halogens is 2. The molecule has 7 heteroatoms. The van der Waals surface area contributed by atoms with E-state index in [4.69, 9.17) is 23.8 Å². The van der Waals surface area contributed by atoms with Gasteiger partial charge in [0.25, 0.3) is 0 Å². The van der Waals surface area contributed by atoms with E-state index in [0.29, 0.717) is 10.1 Å². The van der Waals surface area contributed by atoms with Crippen LogP contribution in [0, 0.1) is 19.7 Å². The van der Waals surface area contributed by atoms with Crippen LogP contribution in [0.15, 0.2) is 79.0 Å². The smallest absolute Gasteiger partial charge is 0.174 e. The molecule has 4 aromatic rings. The van der Waals surface area contributed by atoms with Gasteiger partial charge in [0.1, 0.15) is 5.82 Å². The first kappa shape index (κ1) is 21.6. The lowest BCUT2D eigenvalue weighted by Crippen LogP contribution is -2.29. The Balaban J connectivity index is 1.68. The van der Waals surface area contributed by atoms with Crippen LogP contribution in [0.3, 0.4) is 0 Å². The third-order valence-corrected chi connectivity index (χ3v) is 6.62. The number of nitrogens with zero attached hydrogens (tertiary/aromatic N) is 3. The van der Waals surface area contributed by atoms with Gasteiger partial charge in [-0.1, -0.05) is 23.7 Å². The zero-order valence-corrected chi connectivity index (χ0v) is 19.7. The Hall–Kier alpha value is -3.22. The number of benzene rings is 2. The van der Waals surface area contributed by atoms with Crippen LogP contribution >= 0.6 is 23.8 Å². The molecule has 0 bridgehead atoms. The van der Waals surface area contributed by atoms with Gasteiger partial charge in [-0.3, -0.25) is 4.98 Å². The molecule has 2 aromatic heterocycles. The minimum absolute atomic E-state index is 0.151. The topological polar surface area (TPSA) is 33.1 Å². The van der Waals surface area contributed by atoms with Crippen LogP contribution in [0.1, 0.15) is 34.7 Å². The summed E-state index contributed by atoms with van der Waals surface area (Å²) in [6.45, 7) is 4.09. The van der Waals surface area contributed by atoms with Gasteiger partial charge in [-0.05, 0) is 92.3 Å². The summed E-state index contributed by atoms with van der Waals surface area (Å²) in [5.74, 6) is -0.264. The Morgan fingerprint density at radius 3 is 2.45 bits per heavy atom. The van der Waals surface area contributed by atoms with Crippen molar-refractivity contribution < 1.29 is 4.39 Å². The number of thiocarbonyl (C=S) groups is 1. The largest absolute Gasteiger partial charge is 0.351 e. The van der Waals surface area contributed by atoms with E-state index in [2.05, 4.69) is 32.8 Å². The molecule has 1 saturated heterocycles. The molecule has 1 aliphatic heterocycles. The van der Waals surface area contributed by atoms with Crippen LogP contribution in [0.4, 0.5) is 10.1 Å².